The molecule has 0 radical (unpaired) electrons. The van der Waals surface area contributed by atoms with E-state index in [1.54, 1.807) is 6.92 Å². The molecule has 0 aliphatic rings. The lowest BCUT2D eigenvalue weighted by Gasteiger charge is -1.82. The fourth-order valence-electron chi connectivity index (χ4n) is 0.146. The summed E-state index contributed by atoms with van der Waals surface area (Å²) in [6.45, 7) is 1.58. The number of hydrogen-bond donors (Lipinski definition) is 2. The second-order valence-electron chi connectivity index (χ2n) is 0.804. The molecule has 4 heteroatoms. The first-order valence-electron chi connectivity index (χ1n) is 1.74. The Balaban J connectivity index is 3.37. The third kappa shape index (κ3) is 2.92. The largest absolute Gasteiger partial charge is 0.364 e. The smallest absolute Gasteiger partial charge is 0.287 e. The van der Waals surface area contributed by atoms with Crippen LogP contribution >= 0.6 is 0 Å². The number of hydroxylamine groups is 1. The molecule has 0 spiro atoms. The second kappa shape index (κ2) is 3.30. The molecular formula is C3H6N2O2. The maximum Gasteiger partial charge on any atom is 0.364 e. The summed E-state index contributed by atoms with van der Waals surface area (Å²) in [5.41, 5.74) is 1.33. The van der Waals surface area contributed by atoms with Gasteiger partial charge in [-0.05, 0) is 6.92 Å². The molecule has 7 heavy (non-hydrogen) atoms. The summed E-state index contributed by atoms with van der Waals surface area (Å²) in [5, 5.41) is 7.75. The highest BCUT2D eigenvalue weighted by Crippen LogP contribution is 1.65. The van der Waals surface area contributed by atoms with Crippen LogP contribution in [0.25, 0.3) is 0 Å². The van der Waals surface area contributed by atoms with Gasteiger partial charge < -0.3 is 0 Å². The van der Waals surface area contributed by atoms with Crippen molar-refractivity contribution in [3.05, 3.63) is 0 Å². The van der Waals surface area contributed by atoms with E-state index < -0.39 is 6.03 Å². The van der Waals surface area contributed by atoms with Gasteiger partial charge >= 0.3 is 6.03 Å². The molecule has 0 saturated carbocycles. The number of nitrogens with zero attached hydrogens (tertiary/aromatic N) is 1. The Morgan fingerprint density at radius 2 is 2.57 bits per heavy atom. The van der Waals surface area contributed by atoms with E-state index in [0.717, 1.165) is 0 Å². The lowest BCUT2D eigenvalue weighted by Crippen LogP contribution is -2.13. The van der Waals surface area contributed by atoms with Crippen molar-refractivity contribution in [2.45, 2.75) is 6.92 Å². The zero-order valence-electron chi connectivity index (χ0n) is 3.88. The number of urea groups is 1. The van der Waals surface area contributed by atoms with Gasteiger partial charge in [0.05, 0.1) is 0 Å². The average Bonchev–Trinajstić information content (AvgIpc) is 1.68. The Hall–Kier alpha value is -0.900. The van der Waals surface area contributed by atoms with Crippen molar-refractivity contribution in [2.24, 2.45) is 4.99 Å². The second-order valence-corrected chi connectivity index (χ2v) is 0.804. The van der Waals surface area contributed by atoms with E-state index in [4.69, 9.17) is 5.21 Å². The van der Waals surface area contributed by atoms with E-state index in [-0.39, 0.29) is 0 Å². The van der Waals surface area contributed by atoms with Crippen LogP contribution in [0.2, 0.25) is 0 Å². The van der Waals surface area contributed by atoms with Gasteiger partial charge in [0.2, 0.25) is 0 Å². The molecule has 0 fully saturated rings. The van der Waals surface area contributed by atoms with Crippen molar-refractivity contribution in [2.75, 3.05) is 0 Å². The molecular weight excluding hydrogens is 96.0 g/mol. The summed E-state index contributed by atoms with van der Waals surface area (Å²) < 4.78 is 0. The standard InChI is InChI=1S/C3H6N2O2/c1-2-4-3(6)5-7/h2,7H,1H3,(H,5,6)/b4-2+. The normalized spacial score (nSPS) is 9.43. The fourth-order valence-corrected chi connectivity index (χ4v) is 0.146. The van der Waals surface area contributed by atoms with Crippen LogP contribution in [0.4, 0.5) is 4.79 Å². The highest BCUT2D eigenvalue weighted by molar-refractivity contribution is 5.81. The van der Waals surface area contributed by atoms with E-state index in [1.807, 2.05) is 0 Å². The lowest BCUT2D eigenvalue weighted by atomic mass is 10.9. The van der Waals surface area contributed by atoms with Crippen LogP contribution in [0, 0.1) is 0 Å². The highest BCUT2D eigenvalue weighted by atomic mass is 16.5. The number of nitrogens with one attached hydrogen (secondary N) is 1. The molecule has 2 N–H and O–H groups in total. The van der Waals surface area contributed by atoms with E-state index in [2.05, 4.69) is 4.99 Å². The van der Waals surface area contributed by atoms with Gasteiger partial charge in [-0.1, -0.05) is 0 Å². The predicted octanol–water partition coefficient (Wildman–Crippen LogP) is 0.176. The van der Waals surface area contributed by atoms with Crippen LogP contribution in [-0.4, -0.2) is 17.5 Å². The van der Waals surface area contributed by atoms with Crippen molar-refractivity contribution >= 4 is 12.2 Å². The van der Waals surface area contributed by atoms with Crippen LogP contribution < -0.4 is 5.48 Å². The van der Waals surface area contributed by atoms with Crippen molar-refractivity contribution in [1.29, 1.82) is 0 Å². The molecule has 0 heterocycles. The first-order chi connectivity index (χ1) is 3.31. The van der Waals surface area contributed by atoms with Crippen LogP contribution in [0.3, 0.4) is 0 Å². The molecule has 0 unspecified atom stereocenters. The fraction of sp³-hybridized carbons (Fsp3) is 0.333. The molecule has 0 aromatic carbocycles. The van der Waals surface area contributed by atoms with Crippen LogP contribution in [0.5, 0.6) is 0 Å². The van der Waals surface area contributed by atoms with Crippen molar-refractivity contribution in [3.63, 3.8) is 0 Å². The predicted molar refractivity (Wildman–Crippen MR) is 24.5 cm³/mol. The van der Waals surface area contributed by atoms with Crippen LogP contribution in [0.1, 0.15) is 6.92 Å². The van der Waals surface area contributed by atoms with E-state index >= 15 is 0 Å². The number of carbonyl (C=O) groups excluding carboxylic acids is 1. The number of rotatable bonds is 0. The summed E-state index contributed by atoms with van der Waals surface area (Å²) in [5.74, 6) is 0. The topological polar surface area (TPSA) is 61.7 Å². The molecule has 0 bridgehead atoms. The molecule has 0 aromatic heterocycles. The molecule has 0 rings (SSSR count). The summed E-state index contributed by atoms with van der Waals surface area (Å²) in [6, 6.07) is -0.748. The zero-order chi connectivity index (χ0) is 5.70. The van der Waals surface area contributed by atoms with Gasteiger partial charge in [0.15, 0.2) is 0 Å². The molecule has 0 aromatic rings. The van der Waals surface area contributed by atoms with Gasteiger partial charge in [0.25, 0.3) is 0 Å². The molecule has 4 nitrogen and oxygen atoms in total. The maximum atomic E-state index is 9.85. The highest BCUT2D eigenvalue weighted by Gasteiger charge is 1.84. The average molecular weight is 102 g/mol. The quantitative estimate of drug-likeness (QED) is 0.260. The molecule has 0 aliphatic carbocycles. The third-order valence-corrected chi connectivity index (χ3v) is 0.342. The molecule has 40 valence electrons. The lowest BCUT2D eigenvalue weighted by molar-refractivity contribution is 0.169. The van der Waals surface area contributed by atoms with Gasteiger partial charge in [-0.2, -0.15) is 0 Å². The Kier molecular flexibility index (Phi) is 2.87. The summed E-state index contributed by atoms with van der Waals surface area (Å²) in [6.07, 6.45) is 1.28. The van der Waals surface area contributed by atoms with Gasteiger partial charge in [0.1, 0.15) is 0 Å². The number of carbonyl (C=O) groups is 1. The minimum Gasteiger partial charge on any atom is -0.287 e. The number of amides is 2. The van der Waals surface area contributed by atoms with E-state index in [0.29, 0.717) is 0 Å². The number of aliphatic imine (C=N–C) groups is 1. The zero-order valence-corrected chi connectivity index (χ0v) is 3.88. The third-order valence-electron chi connectivity index (χ3n) is 0.342. The van der Waals surface area contributed by atoms with Gasteiger partial charge in [-0.25, -0.2) is 15.3 Å². The van der Waals surface area contributed by atoms with Crippen molar-refractivity contribution in [3.8, 4) is 0 Å². The Morgan fingerprint density at radius 3 is 2.71 bits per heavy atom. The molecule has 0 saturated heterocycles. The van der Waals surface area contributed by atoms with Gasteiger partial charge in [-0.15, -0.1) is 0 Å². The van der Waals surface area contributed by atoms with Gasteiger partial charge in [0, 0.05) is 6.21 Å². The first-order valence-corrected chi connectivity index (χ1v) is 1.74. The van der Waals surface area contributed by atoms with Crippen LogP contribution in [-0.2, 0) is 0 Å². The summed E-state index contributed by atoms with van der Waals surface area (Å²) in [7, 11) is 0. The first kappa shape index (κ1) is 6.10. The van der Waals surface area contributed by atoms with E-state index in [1.165, 1.54) is 11.7 Å². The Bertz CT molecular complexity index is 88.9. The summed E-state index contributed by atoms with van der Waals surface area (Å²) >= 11 is 0. The Morgan fingerprint density at radius 1 is 2.00 bits per heavy atom. The molecule has 0 aliphatic heterocycles. The van der Waals surface area contributed by atoms with E-state index in [9.17, 15) is 4.79 Å². The SMILES string of the molecule is C/C=N/C(=O)NO. The minimum atomic E-state index is -0.748. The molecule has 0 atom stereocenters. The van der Waals surface area contributed by atoms with Crippen LogP contribution in [0.15, 0.2) is 4.99 Å². The minimum absolute atomic E-state index is 0.748. The maximum absolute atomic E-state index is 9.85. The number of hydrogen-bond acceptors (Lipinski definition) is 2. The monoisotopic (exact) mass is 102 g/mol. The van der Waals surface area contributed by atoms with Gasteiger partial charge in [-0.3, -0.25) is 5.21 Å². The summed E-state index contributed by atoms with van der Waals surface area (Å²) in [4.78, 5) is 13.0. The van der Waals surface area contributed by atoms with Crippen molar-refractivity contribution in [1.82, 2.24) is 5.48 Å². The van der Waals surface area contributed by atoms with Crippen molar-refractivity contribution < 1.29 is 10.0 Å². The molecule has 2 amide bonds. The Labute approximate surface area is 40.8 Å².